The van der Waals surface area contributed by atoms with Crippen molar-refractivity contribution in [3.05, 3.63) is 58.6 Å². The molecule has 2 saturated heterocycles. The van der Waals surface area contributed by atoms with E-state index in [9.17, 15) is 9.90 Å². The Kier molecular flexibility index (Phi) is 6.43. The molecular weight excluding hydrogens is 404 g/mol. The predicted octanol–water partition coefficient (Wildman–Crippen LogP) is 2.33. The molecule has 30 heavy (non-hydrogen) atoms. The minimum absolute atomic E-state index is 0.0153. The van der Waals surface area contributed by atoms with Crippen LogP contribution in [0.2, 0.25) is 5.02 Å². The number of carbonyl (C=O) groups excluding carboxylic acids is 1. The molecule has 0 saturated carbocycles. The van der Waals surface area contributed by atoms with Crippen molar-refractivity contribution in [2.24, 2.45) is 5.90 Å². The van der Waals surface area contributed by atoms with Crippen molar-refractivity contribution < 1.29 is 14.7 Å². The van der Waals surface area contributed by atoms with Gasteiger partial charge in [-0.3, -0.25) is 14.6 Å². The summed E-state index contributed by atoms with van der Waals surface area (Å²) < 4.78 is 0. The number of nitrogens with zero attached hydrogens (tertiary/aromatic N) is 3. The number of piperazine rings is 1. The van der Waals surface area contributed by atoms with Crippen molar-refractivity contribution >= 4 is 17.5 Å². The Morgan fingerprint density at radius 2 is 1.83 bits per heavy atom. The highest BCUT2D eigenvalue weighted by Gasteiger charge is 2.32. The largest absolute Gasteiger partial charge is 0.508 e. The molecule has 0 bridgehead atoms. The molecule has 1 atom stereocenters. The number of benzene rings is 2. The molecule has 2 aromatic rings. The van der Waals surface area contributed by atoms with E-state index >= 15 is 0 Å². The highest BCUT2D eigenvalue weighted by molar-refractivity contribution is 6.32. The Morgan fingerprint density at radius 1 is 1.10 bits per heavy atom. The Hall–Kier alpha value is -2.32. The number of rotatable bonds is 5. The van der Waals surface area contributed by atoms with Crippen LogP contribution in [0.1, 0.15) is 22.3 Å². The van der Waals surface area contributed by atoms with Crippen molar-refractivity contribution in [3.63, 3.8) is 0 Å². The van der Waals surface area contributed by atoms with Crippen LogP contribution in [0.15, 0.2) is 42.5 Å². The van der Waals surface area contributed by atoms with E-state index in [1.807, 2.05) is 17.0 Å². The van der Waals surface area contributed by atoms with Crippen LogP contribution in [-0.2, 0) is 6.54 Å². The lowest BCUT2D eigenvalue weighted by molar-refractivity contribution is 0.0734. The molecular formula is C22H27ClN4O3. The van der Waals surface area contributed by atoms with Gasteiger partial charge in [0.2, 0.25) is 0 Å². The summed E-state index contributed by atoms with van der Waals surface area (Å²) in [7, 11) is 0. The van der Waals surface area contributed by atoms with E-state index in [0.29, 0.717) is 28.1 Å². The summed E-state index contributed by atoms with van der Waals surface area (Å²) in [5.41, 5.74) is 1.75. The van der Waals surface area contributed by atoms with E-state index in [0.717, 1.165) is 52.2 Å². The molecule has 0 spiro atoms. The molecule has 2 heterocycles. The Labute approximate surface area is 181 Å². The fraction of sp³-hybridized carbons (Fsp3) is 0.409. The molecule has 7 nitrogen and oxygen atoms in total. The van der Waals surface area contributed by atoms with Crippen LogP contribution in [0.4, 0.5) is 0 Å². The van der Waals surface area contributed by atoms with Crippen LogP contribution in [-0.4, -0.2) is 71.0 Å². The number of amides is 1. The topological polar surface area (TPSA) is 82.3 Å². The third-order valence-corrected chi connectivity index (χ3v) is 6.33. The Bertz CT molecular complexity index is 884. The molecule has 0 aromatic heterocycles. The number of nitrogens with two attached hydrogens (primary N) is 1. The minimum Gasteiger partial charge on any atom is -0.508 e. The summed E-state index contributed by atoms with van der Waals surface area (Å²) in [6.45, 7) is 6.37. The summed E-state index contributed by atoms with van der Waals surface area (Å²) in [6.07, 6.45) is 0.984. The number of phenols is 1. The molecule has 4 rings (SSSR count). The first kappa shape index (κ1) is 20.9. The molecule has 2 fully saturated rings. The molecule has 160 valence electrons. The molecule has 8 heteroatoms. The lowest BCUT2D eigenvalue weighted by Crippen LogP contribution is -2.50. The SMILES string of the molecule is NOc1cc(C(=O)N2CCC(N3CCN(Cc4ccc(O)cc4)CC3)C2)ccc1Cl. The van der Waals surface area contributed by atoms with Crippen molar-refractivity contribution in [3.8, 4) is 11.5 Å². The smallest absolute Gasteiger partial charge is 0.254 e. The van der Waals surface area contributed by atoms with Gasteiger partial charge in [-0.25, -0.2) is 0 Å². The van der Waals surface area contributed by atoms with Gasteiger partial charge in [0.25, 0.3) is 5.91 Å². The van der Waals surface area contributed by atoms with Gasteiger partial charge in [0.1, 0.15) is 5.75 Å². The third kappa shape index (κ3) is 4.70. The maximum Gasteiger partial charge on any atom is 0.254 e. The quantitative estimate of drug-likeness (QED) is 0.708. The number of likely N-dealkylation sites (tertiary alicyclic amines) is 1. The number of hydrogen-bond acceptors (Lipinski definition) is 6. The van der Waals surface area contributed by atoms with Gasteiger partial charge in [0, 0.05) is 57.4 Å². The number of phenolic OH excluding ortho intramolecular Hbond substituents is 1. The van der Waals surface area contributed by atoms with E-state index < -0.39 is 0 Å². The van der Waals surface area contributed by atoms with Crippen molar-refractivity contribution in [2.75, 3.05) is 39.3 Å². The van der Waals surface area contributed by atoms with E-state index in [-0.39, 0.29) is 5.91 Å². The van der Waals surface area contributed by atoms with Gasteiger partial charge in [-0.15, -0.1) is 0 Å². The molecule has 0 radical (unpaired) electrons. The molecule has 2 aromatic carbocycles. The molecule has 1 amide bonds. The second kappa shape index (κ2) is 9.22. The summed E-state index contributed by atoms with van der Waals surface area (Å²) in [6, 6.07) is 12.8. The fourth-order valence-electron chi connectivity index (χ4n) is 4.28. The minimum atomic E-state index is -0.0153. The van der Waals surface area contributed by atoms with Crippen LogP contribution in [0.25, 0.3) is 0 Å². The molecule has 2 aliphatic heterocycles. The normalized spacial score (nSPS) is 20.5. The third-order valence-electron chi connectivity index (χ3n) is 6.02. The van der Waals surface area contributed by atoms with Gasteiger partial charge in [0.05, 0.1) is 5.02 Å². The van der Waals surface area contributed by atoms with Gasteiger partial charge in [0.15, 0.2) is 5.75 Å². The summed E-state index contributed by atoms with van der Waals surface area (Å²) in [5, 5.41) is 9.81. The molecule has 1 unspecified atom stereocenters. The van der Waals surface area contributed by atoms with Crippen LogP contribution in [0, 0.1) is 0 Å². The van der Waals surface area contributed by atoms with E-state index in [2.05, 4.69) is 9.80 Å². The first-order valence-electron chi connectivity index (χ1n) is 10.2. The van der Waals surface area contributed by atoms with Gasteiger partial charge in [-0.1, -0.05) is 23.7 Å². The summed E-state index contributed by atoms with van der Waals surface area (Å²) in [5.74, 6) is 5.82. The summed E-state index contributed by atoms with van der Waals surface area (Å²) >= 11 is 6.00. The van der Waals surface area contributed by atoms with E-state index in [1.54, 1.807) is 30.3 Å². The predicted molar refractivity (Wildman–Crippen MR) is 116 cm³/mol. The van der Waals surface area contributed by atoms with Gasteiger partial charge < -0.3 is 14.8 Å². The van der Waals surface area contributed by atoms with Crippen LogP contribution >= 0.6 is 11.6 Å². The second-order valence-electron chi connectivity index (χ2n) is 7.94. The van der Waals surface area contributed by atoms with Crippen LogP contribution in [0.3, 0.4) is 0 Å². The molecule has 0 aliphatic carbocycles. The van der Waals surface area contributed by atoms with Crippen LogP contribution < -0.4 is 10.7 Å². The average molecular weight is 431 g/mol. The number of aromatic hydroxyl groups is 1. The fourth-order valence-corrected chi connectivity index (χ4v) is 4.44. The zero-order valence-corrected chi connectivity index (χ0v) is 17.6. The average Bonchev–Trinajstić information content (AvgIpc) is 3.26. The van der Waals surface area contributed by atoms with E-state index in [4.69, 9.17) is 22.3 Å². The first-order valence-corrected chi connectivity index (χ1v) is 10.6. The maximum absolute atomic E-state index is 12.9. The number of halogens is 1. The van der Waals surface area contributed by atoms with Crippen molar-refractivity contribution in [1.82, 2.24) is 14.7 Å². The monoisotopic (exact) mass is 430 g/mol. The zero-order chi connectivity index (χ0) is 21.1. The lowest BCUT2D eigenvalue weighted by atomic mass is 10.1. The maximum atomic E-state index is 12.9. The highest BCUT2D eigenvalue weighted by Crippen LogP contribution is 2.26. The standard InChI is InChI=1S/C22H27ClN4O3/c23-20-6-3-17(13-21(20)30-24)22(29)27-8-7-18(15-27)26-11-9-25(10-12-26)14-16-1-4-19(28)5-2-16/h1-6,13,18,28H,7-12,14-15,24H2. The highest BCUT2D eigenvalue weighted by atomic mass is 35.5. The van der Waals surface area contributed by atoms with Gasteiger partial charge in [-0.2, -0.15) is 5.90 Å². The second-order valence-corrected chi connectivity index (χ2v) is 8.34. The molecule has 3 N–H and O–H groups in total. The van der Waals surface area contributed by atoms with E-state index in [1.165, 1.54) is 5.56 Å². The Balaban J connectivity index is 1.29. The van der Waals surface area contributed by atoms with Crippen molar-refractivity contribution in [2.45, 2.75) is 19.0 Å². The van der Waals surface area contributed by atoms with Gasteiger partial charge in [-0.05, 0) is 42.3 Å². The van der Waals surface area contributed by atoms with Crippen LogP contribution in [0.5, 0.6) is 11.5 Å². The Morgan fingerprint density at radius 3 is 2.53 bits per heavy atom. The number of carbonyl (C=O) groups is 1. The number of hydrogen-bond donors (Lipinski definition) is 2. The zero-order valence-electron chi connectivity index (χ0n) is 16.8. The molecule has 2 aliphatic rings. The van der Waals surface area contributed by atoms with Gasteiger partial charge >= 0.3 is 0 Å². The first-order chi connectivity index (χ1) is 14.5. The lowest BCUT2D eigenvalue weighted by Gasteiger charge is -2.38. The van der Waals surface area contributed by atoms with Crippen molar-refractivity contribution in [1.29, 1.82) is 0 Å². The summed E-state index contributed by atoms with van der Waals surface area (Å²) in [4.78, 5) is 24.5.